The van der Waals surface area contributed by atoms with E-state index in [1.165, 1.54) is 11.3 Å². The minimum absolute atomic E-state index is 0.0322. The molecule has 0 unspecified atom stereocenters. The van der Waals surface area contributed by atoms with Gasteiger partial charge in [0.15, 0.2) is 0 Å². The molecule has 1 aromatic rings. The molecule has 2 N–H and O–H groups in total. The first kappa shape index (κ1) is 13.5. The number of carbonyl (C=O) groups excluding carboxylic acids is 1. The number of hydrogen-bond donors (Lipinski definition) is 2. The molecular weight excluding hydrogens is 246 g/mol. The van der Waals surface area contributed by atoms with Crippen LogP contribution in [0.2, 0.25) is 5.02 Å². The fourth-order valence-electron chi connectivity index (χ4n) is 1.04. The second-order valence-electron chi connectivity index (χ2n) is 4.57. The summed E-state index contributed by atoms with van der Waals surface area (Å²) in [6, 6.07) is 0. The summed E-state index contributed by atoms with van der Waals surface area (Å²) in [7, 11) is 0. The topological polar surface area (TPSA) is 49.3 Å². The fourth-order valence-corrected chi connectivity index (χ4v) is 2.23. The van der Waals surface area contributed by atoms with Gasteiger partial charge in [0.1, 0.15) is 4.88 Å². The van der Waals surface area contributed by atoms with Crippen LogP contribution in [0.25, 0.3) is 0 Å². The van der Waals surface area contributed by atoms with Crippen molar-refractivity contribution in [2.45, 2.75) is 20.8 Å². The van der Waals surface area contributed by atoms with Gasteiger partial charge in [0.05, 0.1) is 5.02 Å². The maximum atomic E-state index is 11.8. The highest BCUT2D eigenvalue weighted by Crippen LogP contribution is 2.27. The fraction of sp³-hybridized carbons (Fsp3) is 0.545. The average Bonchev–Trinajstić information content (AvgIpc) is 2.57. The number of aliphatic hydroxyl groups is 1. The van der Waals surface area contributed by atoms with Crippen molar-refractivity contribution in [1.82, 2.24) is 5.32 Å². The smallest absolute Gasteiger partial charge is 0.262 e. The van der Waals surface area contributed by atoms with Gasteiger partial charge in [-0.3, -0.25) is 4.79 Å². The Balaban J connectivity index is 2.64. The Hall–Kier alpha value is -0.580. The van der Waals surface area contributed by atoms with Gasteiger partial charge >= 0.3 is 0 Å². The number of nitrogens with one attached hydrogen (secondary N) is 1. The Bertz CT molecular complexity index is 387. The van der Waals surface area contributed by atoms with Gasteiger partial charge in [-0.2, -0.15) is 0 Å². The zero-order valence-corrected chi connectivity index (χ0v) is 11.2. The number of aryl methyl sites for hydroxylation is 1. The number of rotatable bonds is 4. The molecule has 0 saturated carbocycles. The summed E-state index contributed by atoms with van der Waals surface area (Å²) in [5.41, 5.74) is 0.604. The molecule has 0 aliphatic heterocycles. The first-order valence-corrected chi connectivity index (χ1v) is 6.26. The van der Waals surface area contributed by atoms with Crippen molar-refractivity contribution >= 4 is 28.8 Å². The molecule has 0 fully saturated rings. The molecule has 0 aliphatic rings. The molecule has 90 valence electrons. The van der Waals surface area contributed by atoms with E-state index in [0.29, 0.717) is 16.4 Å². The van der Waals surface area contributed by atoms with Gasteiger partial charge in [-0.1, -0.05) is 25.4 Å². The second kappa shape index (κ2) is 5.17. The van der Waals surface area contributed by atoms with E-state index < -0.39 is 0 Å². The molecule has 0 saturated heterocycles. The monoisotopic (exact) mass is 261 g/mol. The molecule has 1 heterocycles. The van der Waals surface area contributed by atoms with Crippen LogP contribution >= 0.6 is 22.9 Å². The van der Waals surface area contributed by atoms with E-state index in [4.69, 9.17) is 16.7 Å². The van der Waals surface area contributed by atoms with Gasteiger partial charge in [0.25, 0.3) is 5.91 Å². The highest BCUT2D eigenvalue weighted by atomic mass is 35.5. The van der Waals surface area contributed by atoms with Crippen LogP contribution in [0.4, 0.5) is 0 Å². The van der Waals surface area contributed by atoms with Crippen molar-refractivity contribution in [3.05, 3.63) is 20.8 Å². The third kappa shape index (κ3) is 3.20. The summed E-state index contributed by atoms with van der Waals surface area (Å²) in [5.74, 6) is -0.176. The summed E-state index contributed by atoms with van der Waals surface area (Å²) in [6.07, 6.45) is 0. The van der Waals surface area contributed by atoms with E-state index >= 15 is 0 Å². The Labute approximate surface area is 104 Å². The quantitative estimate of drug-likeness (QED) is 0.875. The number of amides is 1. The summed E-state index contributed by atoms with van der Waals surface area (Å²) < 4.78 is 0. The minimum atomic E-state index is -0.311. The molecule has 0 aliphatic carbocycles. The van der Waals surface area contributed by atoms with Crippen LogP contribution < -0.4 is 5.32 Å². The van der Waals surface area contributed by atoms with Gasteiger partial charge in [0, 0.05) is 18.6 Å². The zero-order chi connectivity index (χ0) is 12.3. The van der Waals surface area contributed by atoms with Gasteiger partial charge in [-0.25, -0.2) is 0 Å². The second-order valence-corrected chi connectivity index (χ2v) is 5.82. The van der Waals surface area contributed by atoms with Crippen molar-refractivity contribution < 1.29 is 9.90 Å². The Morgan fingerprint density at radius 2 is 2.25 bits per heavy atom. The van der Waals surface area contributed by atoms with Crippen LogP contribution in [0.1, 0.15) is 29.1 Å². The standard InChI is InChI=1S/C11H16ClNO2S/c1-7-4-16-9(8(7)12)10(15)13-5-11(2,3)6-14/h4,14H,5-6H2,1-3H3,(H,13,15). The third-order valence-corrected chi connectivity index (χ3v) is 3.96. The van der Waals surface area contributed by atoms with Gasteiger partial charge < -0.3 is 10.4 Å². The lowest BCUT2D eigenvalue weighted by atomic mass is 9.95. The Kier molecular flexibility index (Phi) is 4.35. The molecule has 3 nitrogen and oxygen atoms in total. The highest BCUT2D eigenvalue weighted by Gasteiger charge is 2.20. The van der Waals surface area contributed by atoms with E-state index in [1.807, 2.05) is 26.2 Å². The van der Waals surface area contributed by atoms with Crippen LogP contribution in [0.3, 0.4) is 0 Å². The molecule has 0 spiro atoms. The number of aliphatic hydroxyl groups excluding tert-OH is 1. The first-order valence-electron chi connectivity index (χ1n) is 5.00. The van der Waals surface area contributed by atoms with Crippen LogP contribution in [0.15, 0.2) is 5.38 Å². The van der Waals surface area contributed by atoms with Gasteiger partial charge in [-0.15, -0.1) is 11.3 Å². The normalized spacial score (nSPS) is 11.6. The first-order chi connectivity index (χ1) is 7.37. The molecular formula is C11H16ClNO2S. The maximum Gasteiger partial charge on any atom is 0.262 e. The zero-order valence-electron chi connectivity index (χ0n) is 9.63. The molecule has 1 rings (SSSR count). The predicted molar refractivity (Wildman–Crippen MR) is 67.3 cm³/mol. The molecule has 0 radical (unpaired) electrons. The molecule has 0 atom stereocenters. The molecule has 1 amide bonds. The van der Waals surface area contributed by atoms with Crippen molar-refractivity contribution in [3.63, 3.8) is 0 Å². The van der Waals surface area contributed by atoms with E-state index in [-0.39, 0.29) is 17.9 Å². The van der Waals surface area contributed by atoms with E-state index in [9.17, 15) is 4.79 Å². The highest BCUT2D eigenvalue weighted by molar-refractivity contribution is 7.13. The van der Waals surface area contributed by atoms with Crippen LogP contribution in [0, 0.1) is 12.3 Å². The minimum Gasteiger partial charge on any atom is -0.396 e. The predicted octanol–water partition coefficient (Wildman–Crippen LogP) is 2.46. The number of carbonyl (C=O) groups is 1. The van der Waals surface area contributed by atoms with Crippen molar-refractivity contribution in [2.24, 2.45) is 5.41 Å². The van der Waals surface area contributed by atoms with E-state index in [1.54, 1.807) is 0 Å². The summed E-state index contributed by atoms with van der Waals surface area (Å²) >= 11 is 7.32. The van der Waals surface area contributed by atoms with Gasteiger partial charge in [-0.05, 0) is 17.9 Å². The van der Waals surface area contributed by atoms with Crippen molar-refractivity contribution in [1.29, 1.82) is 0 Å². The average molecular weight is 262 g/mol. The molecule has 16 heavy (non-hydrogen) atoms. The van der Waals surface area contributed by atoms with E-state index in [0.717, 1.165) is 5.56 Å². The van der Waals surface area contributed by atoms with Crippen molar-refractivity contribution in [2.75, 3.05) is 13.2 Å². The lowest BCUT2D eigenvalue weighted by Crippen LogP contribution is -2.35. The number of thiophene rings is 1. The summed E-state index contributed by atoms with van der Waals surface area (Å²) in [6.45, 7) is 6.09. The summed E-state index contributed by atoms with van der Waals surface area (Å²) in [5, 5.41) is 14.2. The van der Waals surface area contributed by atoms with Crippen molar-refractivity contribution in [3.8, 4) is 0 Å². The number of halogens is 1. The van der Waals surface area contributed by atoms with E-state index in [2.05, 4.69) is 5.32 Å². The third-order valence-electron chi connectivity index (χ3n) is 2.26. The van der Waals surface area contributed by atoms with Crippen LogP contribution in [-0.4, -0.2) is 24.2 Å². The van der Waals surface area contributed by atoms with Crippen LogP contribution in [0.5, 0.6) is 0 Å². The largest absolute Gasteiger partial charge is 0.396 e. The maximum absolute atomic E-state index is 11.8. The number of hydrogen-bond acceptors (Lipinski definition) is 3. The van der Waals surface area contributed by atoms with Gasteiger partial charge in [0.2, 0.25) is 0 Å². The lowest BCUT2D eigenvalue weighted by Gasteiger charge is -2.21. The van der Waals surface area contributed by atoms with Crippen LogP contribution in [-0.2, 0) is 0 Å². The molecule has 0 aromatic carbocycles. The lowest BCUT2D eigenvalue weighted by molar-refractivity contribution is 0.0915. The molecule has 5 heteroatoms. The Morgan fingerprint density at radius 3 is 2.69 bits per heavy atom. The molecule has 0 bridgehead atoms. The summed E-state index contributed by atoms with van der Waals surface area (Å²) in [4.78, 5) is 12.3. The Morgan fingerprint density at radius 1 is 1.62 bits per heavy atom. The SMILES string of the molecule is Cc1csc(C(=O)NCC(C)(C)CO)c1Cl. The molecule has 1 aromatic heterocycles.